The van der Waals surface area contributed by atoms with Crippen LogP contribution in [-0.2, 0) is 14.3 Å². The summed E-state index contributed by atoms with van der Waals surface area (Å²) in [6.45, 7) is 2.08. The average molecular weight is 305 g/mol. The van der Waals surface area contributed by atoms with Gasteiger partial charge in [-0.15, -0.1) is 12.4 Å². The molecule has 1 amide bonds. The number of hydrogen-bond donors (Lipinski definition) is 2. The first-order chi connectivity index (χ1) is 9.06. The number of nitrogens with two attached hydrogens (primary N) is 1. The molecule has 0 aromatic rings. The Balaban J connectivity index is 0.00000200. The Morgan fingerprint density at radius 1 is 1.45 bits per heavy atom. The summed E-state index contributed by atoms with van der Waals surface area (Å²) in [5.74, 6) is -0.487. The third-order valence-electron chi connectivity index (χ3n) is 4.33. The second-order valence-electron chi connectivity index (χ2n) is 5.83. The minimum atomic E-state index is -0.686. The highest BCUT2D eigenvalue weighted by atomic mass is 35.5. The standard InChI is InChI=1S/C14H24N2O3.ClH/c1-2-19-13(18)11(15)8-10-9-14(16-12(10)17)6-4-3-5-7-14;/h10-11H,2-9,15H2,1H3,(H,16,17);1H. The Bertz CT molecular complexity index is 356. The van der Waals surface area contributed by atoms with Gasteiger partial charge in [-0.05, 0) is 32.6 Å². The van der Waals surface area contributed by atoms with Crippen LogP contribution in [-0.4, -0.2) is 30.1 Å². The van der Waals surface area contributed by atoms with Gasteiger partial charge >= 0.3 is 5.97 Å². The normalized spacial score (nSPS) is 25.7. The SMILES string of the molecule is CCOC(=O)C(N)CC1CC2(CCCCC2)NC1=O.Cl. The zero-order valence-corrected chi connectivity index (χ0v) is 12.8. The van der Waals surface area contributed by atoms with Crippen LogP contribution in [0.2, 0.25) is 0 Å². The highest BCUT2D eigenvalue weighted by molar-refractivity contribution is 5.85. The van der Waals surface area contributed by atoms with Crippen molar-refractivity contribution < 1.29 is 14.3 Å². The molecule has 2 rings (SSSR count). The van der Waals surface area contributed by atoms with E-state index in [0.29, 0.717) is 13.0 Å². The van der Waals surface area contributed by atoms with Crippen molar-refractivity contribution in [3.05, 3.63) is 0 Å². The van der Waals surface area contributed by atoms with Crippen molar-refractivity contribution in [3.8, 4) is 0 Å². The highest BCUT2D eigenvalue weighted by Crippen LogP contribution is 2.39. The lowest BCUT2D eigenvalue weighted by Crippen LogP contribution is -2.43. The minimum Gasteiger partial charge on any atom is -0.465 e. The number of amides is 1. The van der Waals surface area contributed by atoms with Gasteiger partial charge in [-0.2, -0.15) is 0 Å². The molecule has 1 spiro atoms. The molecule has 0 bridgehead atoms. The monoisotopic (exact) mass is 304 g/mol. The molecule has 2 unspecified atom stereocenters. The molecule has 5 nitrogen and oxygen atoms in total. The van der Waals surface area contributed by atoms with Crippen molar-refractivity contribution >= 4 is 24.3 Å². The molecular formula is C14H25ClN2O3. The van der Waals surface area contributed by atoms with Gasteiger partial charge in [0, 0.05) is 11.5 Å². The van der Waals surface area contributed by atoms with Gasteiger partial charge in [0.2, 0.25) is 5.91 Å². The topological polar surface area (TPSA) is 81.4 Å². The first kappa shape index (κ1) is 17.2. The molecule has 1 heterocycles. The fourth-order valence-corrected chi connectivity index (χ4v) is 3.38. The van der Waals surface area contributed by atoms with E-state index in [1.54, 1.807) is 6.92 Å². The van der Waals surface area contributed by atoms with Crippen molar-refractivity contribution in [2.75, 3.05) is 6.61 Å². The molecular weight excluding hydrogens is 280 g/mol. The van der Waals surface area contributed by atoms with Crippen LogP contribution in [0.1, 0.15) is 51.9 Å². The van der Waals surface area contributed by atoms with Crippen LogP contribution in [0.25, 0.3) is 0 Å². The molecule has 20 heavy (non-hydrogen) atoms. The zero-order valence-electron chi connectivity index (χ0n) is 12.0. The molecule has 0 aromatic carbocycles. The summed E-state index contributed by atoms with van der Waals surface area (Å²) in [6, 6.07) is -0.686. The molecule has 6 heteroatoms. The smallest absolute Gasteiger partial charge is 0.322 e. The first-order valence-electron chi connectivity index (χ1n) is 7.30. The van der Waals surface area contributed by atoms with E-state index in [1.165, 1.54) is 19.3 Å². The Hall–Kier alpha value is -0.810. The van der Waals surface area contributed by atoms with Gasteiger partial charge < -0.3 is 15.8 Å². The number of rotatable bonds is 4. The number of halogens is 1. The van der Waals surface area contributed by atoms with Gasteiger partial charge in [0.1, 0.15) is 6.04 Å². The van der Waals surface area contributed by atoms with Crippen molar-refractivity contribution in [1.82, 2.24) is 5.32 Å². The quantitative estimate of drug-likeness (QED) is 0.772. The van der Waals surface area contributed by atoms with Gasteiger partial charge in [0.15, 0.2) is 0 Å². The number of ether oxygens (including phenoxy) is 1. The van der Waals surface area contributed by atoms with Crippen LogP contribution in [0.3, 0.4) is 0 Å². The summed E-state index contributed by atoms with van der Waals surface area (Å²) < 4.78 is 4.89. The fourth-order valence-electron chi connectivity index (χ4n) is 3.38. The average Bonchev–Trinajstić information content (AvgIpc) is 2.66. The van der Waals surface area contributed by atoms with Gasteiger partial charge in [-0.3, -0.25) is 9.59 Å². The second kappa shape index (κ2) is 7.27. The maximum absolute atomic E-state index is 12.0. The Labute approximate surface area is 126 Å². The summed E-state index contributed by atoms with van der Waals surface area (Å²) in [5.41, 5.74) is 5.79. The molecule has 0 radical (unpaired) electrons. The molecule has 1 aliphatic heterocycles. The summed E-state index contributed by atoms with van der Waals surface area (Å²) >= 11 is 0. The molecule has 2 atom stereocenters. The second-order valence-corrected chi connectivity index (χ2v) is 5.83. The molecule has 3 N–H and O–H groups in total. The highest BCUT2D eigenvalue weighted by Gasteiger charge is 2.45. The summed E-state index contributed by atoms with van der Waals surface area (Å²) in [7, 11) is 0. The van der Waals surface area contributed by atoms with Gasteiger partial charge in [-0.25, -0.2) is 0 Å². The van der Waals surface area contributed by atoms with E-state index in [-0.39, 0.29) is 29.8 Å². The molecule has 1 saturated heterocycles. The van der Waals surface area contributed by atoms with Crippen LogP contribution in [0, 0.1) is 5.92 Å². The lowest BCUT2D eigenvalue weighted by molar-refractivity contribution is -0.145. The number of hydrogen-bond acceptors (Lipinski definition) is 4. The molecule has 2 fully saturated rings. The fraction of sp³-hybridized carbons (Fsp3) is 0.857. The van der Waals surface area contributed by atoms with Crippen molar-refractivity contribution in [3.63, 3.8) is 0 Å². The Morgan fingerprint density at radius 2 is 2.10 bits per heavy atom. The van der Waals surface area contributed by atoms with Crippen LogP contribution in [0.4, 0.5) is 0 Å². The van der Waals surface area contributed by atoms with E-state index < -0.39 is 12.0 Å². The third-order valence-corrected chi connectivity index (χ3v) is 4.33. The maximum Gasteiger partial charge on any atom is 0.322 e. The van der Waals surface area contributed by atoms with Crippen molar-refractivity contribution in [1.29, 1.82) is 0 Å². The molecule has 116 valence electrons. The zero-order chi connectivity index (χ0) is 13.9. The lowest BCUT2D eigenvalue weighted by Gasteiger charge is -2.33. The van der Waals surface area contributed by atoms with Crippen LogP contribution < -0.4 is 11.1 Å². The first-order valence-corrected chi connectivity index (χ1v) is 7.30. The number of carbonyl (C=O) groups is 2. The predicted octanol–water partition coefficient (Wildman–Crippen LogP) is 1.53. The number of esters is 1. The largest absolute Gasteiger partial charge is 0.465 e. The van der Waals surface area contributed by atoms with Crippen LogP contribution in [0.5, 0.6) is 0 Å². The van der Waals surface area contributed by atoms with Crippen LogP contribution >= 0.6 is 12.4 Å². The third kappa shape index (κ3) is 3.85. The Kier molecular flexibility index (Phi) is 6.27. The van der Waals surface area contributed by atoms with Gasteiger partial charge in [-0.1, -0.05) is 19.3 Å². The predicted molar refractivity (Wildman–Crippen MR) is 78.5 cm³/mol. The minimum absolute atomic E-state index is 0. The van der Waals surface area contributed by atoms with E-state index in [9.17, 15) is 9.59 Å². The molecule has 0 aromatic heterocycles. The van der Waals surface area contributed by atoms with Crippen LogP contribution in [0.15, 0.2) is 0 Å². The number of nitrogens with one attached hydrogen (secondary N) is 1. The molecule has 1 saturated carbocycles. The summed E-state index contributed by atoms with van der Waals surface area (Å²) in [6.07, 6.45) is 6.94. The van der Waals surface area contributed by atoms with E-state index in [0.717, 1.165) is 19.3 Å². The summed E-state index contributed by atoms with van der Waals surface area (Å²) in [4.78, 5) is 23.6. The van der Waals surface area contributed by atoms with E-state index >= 15 is 0 Å². The molecule has 1 aliphatic carbocycles. The van der Waals surface area contributed by atoms with Crippen molar-refractivity contribution in [2.24, 2.45) is 11.7 Å². The van der Waals surface area contributed by atoms with Gasteiger partial charge in [0.05, 0.1) is 6.61 Å². The van der Waals surface area contributed by atoms with E-state index in [2.05, 4.69) is 5.32 Å². The van der Waals surface area contributed by atoms with E-state index in [4.69, 9.17) is 10.5 Å². The Morgan fingerprint density at radius 3 is 2.70 bits per heavy atom. The van der Waals surface area contributed by atoms with Crippen molar-refractivity contribution in [2.45, 2.75) is 63.5 Å². The lowest BCUT2D eigenvalue weighted by atomic mass is 9.78. The van der Waals surface area contributed by atoms with Gasteiger partial charge in [0.25, 0.3) is 0 Å². The summed E-state index contributed by atoms with van der Waals surface area (Å²) in [5, 5.41) is 3.15. The molecule has 2 aliphatic rings. The van der Waals surface area contributed by atoms with E-state index in [1.807, 2.05) is 0 Å². The number of carbonyl (C=O) groups excluding carboxylic acids is 2. The maximum atomic E-state index is 12.0.